The van der Waals surface area contributed by atoms with E-state index in [-0.39, 0.29) is 25.7 Å². The Morgan fingerprint density at radius 3 is 0.759 bits per heavy atom. The molecule has 0 rings (SSSR count). The third kappa shape index (κ3) is 79.5. The number of aliphatic hydroxyl groups excluding tert-OH is 1. The lowest BCUT2D eigenvalue weighted by atomic mass is 10.0. The van der Waals surface area contributed by atoms with Crippen LogP contribution in [0.15, 0.2) is 122 Å². The molecule has 17 nitrogen and oxygen atoms in total. The number of ether oxygens (including phenoxy) is 4. The summed E-state index contributed by atoms with van der Waals surface area (Å²) in [6, 6.07) is 0. The van der Waals surface area contributed by atoms with Crippen LogP contribution < -0.4 is 0 Å². The highest BCUT2D eigenvalue weighted by Gasteiger charge is 2.30. The Bertz CT molecular complexity index is 2520. The topological polar surface area (TPSA) is 237 Å². The van der Waals surface area contributed by atoms with Crippen molar-refractivity contribution < 1.29 is 80.2 Å². The second-order valence-electron chi connectivity index (χ2n) is 28.4. The molecule has 3 N–H and O–H groups in total. The van der Waals surface area contributed by atoms with Crippen molar-refractivity contribution in [1.82, 2.24) is 0 Å². The molecule has 5 atom stereocenters. The summed E-state index contributed by atoms with van der Waals surface area (Å²) in [5.41, 5.74) is 0. The van der Waals surface area contributed by atoms with Gasteiger partial charge in [0.15, 0.2) is 12.2 Å². The Kier molecular flexibility index (Phi) is 77.1. The predicted octanol–water partition coefficient (Wildman–Crippen LogP) is 25.5. The van der Waals surface area contributed by atoms with Crippen molar-refractivity contribution in [2.24, 2.45) is 0 Å². The van der Waals surface area contributed by atoms with Gasteiger partial charge in [-0.1, -0.05) is 323 Å². The number of esters is 4. The van der Waals surface area contributed by atoms with Crippen molar-refractivity contribution in [3.05, 3.63) is 122 Å². The predicted molar refractivity (Wildman–Crippen MR) is 445 cm³/mol. The first-order valence-electron chi connectivity index (χ1n) is 42.8. The van der Waals surface area contributed by atoms with Crippen LogP contribution in [0.3, 0.4) is 0 Å². The average molecular weight is 1560 g/mol. The fourth-order valence-electron chi connectivity index (χ4n) is 11.5. The molecule has 0 aliphatic carbocycles. The highest BCUT2D eigenvalue weighted by Crippen LogP contribution is 2.45. The maximum Gasteiger partial charge on any atom is 0.472 e. The molecule has 5 unspecified atom stereocenters. The number of allylic oxidation sites excluding steroid dienone is 20. The van der Waals surface area contributed by atoms with Crippen LogP contribution in [0.5, 0.6) is 0 Å². The zero-order valence-electron chi connectivity index (χ0n) is 68.2. The zero-order valence-corrected chi connectivity index (χ0v) is 70.0. The highest BCUT2D eigenvalue weighted by molar-refractivity contribution is 7.47. The van der Waals surface area contributed by atoms with Gasteiger partial charge < -0.3 is 33.8 Å². The summed E-state index contributed by atoms with van der Waals surface area (Å²) in [5.74, 6) is -2.20. The van der Waals surface area contributed by atoms with Gasteiger partial charge in [0.05, 0.1) is 26.4 Å². The molecule has 0 aromatic rings. The molecule has 108 heavy (non-hydrogen) atoms. The largest absolute Gasteiger partial charge is 0.472 e. The van der Waals surface area contributed by atoms with E-state index in [9.17, 15) is 43.2 Å². The van der Waals surface area contributed by atoms with Gasteiger partial charge in [-0.25, -0.2) is 9.13 Å². The summed E-state index contributed by atoms with van der Waals surface area (Å²) in [6.07, 6.45) is 90.1. The first-order valence-corrected chi connectivity index (χ1v) is 45.8. The number of hydrogen-bond donors (Lipinski definition) is 3. The number of aliphatic hydroxyl groups is 1. The monoisotopic (exact) mass is 1560 g/mol. The van der Waals surface area contributed by atoms with Crippen LogP contribution in [0, 0.1) is 0 Å². The van der Waals surface area contributed by atoms with E-state index in [2.05, 4.69) is 149 Å². The Morgan fingerprint density at radius 1 is 0.269 bits per heavy atom. The number of hydrogen-bond acceptors (Lipinski definition) is 15. The molecule has 0 bridgehead atoms. The van der Waals surface area contributed by atoms with Crippen molar-refractivity contribution in [1.29, 1.82) is 0 Å². The molecule has 0 spiro atoms. The van der Waals surface area contributed by atoms with Crippen LogP contribution in [0.2, 0.25) is 0 Å². The first-order chi connectivity index (χ1) is 52.7. The van der Waals surface area contributed by atoms with E-state index in [1.54, 1.807) is 0 Å². The maximum absolute atomic E-state index is 13.1. The van der Waals surface area contributed by atoms with Crippen molar-refractivity contribution in [3.63, 3.8) is 0 Å². The summed E-state index contributed by atoms with van der Waals surface area (Å²) in [6.45, 7) is 4.63. The molecule has 0 aromatic carbocycles. The van der Waals surface area contributed by atoms with Gasteiger partial charge in [-0.2, -0.15) is 0 Å². The molecule has 0 radical (unpaired) electrons. The second-order valence-corrected chi connectivity index (χ2v) is 31.3. The van der Waals surface area contributed by atoms with Crippen molar-refractivity contribution in [2.45, 2.75) is 380 Å². The zero-order chi connectivity index (χ0) is 78.9. The number of phosphoric acid groups is 2. The van der Waals surface area contributed by atoms with E-state index in [4.69, 9.17) is 37.0 Å². The van der Waals surface area contributed by atoms with Crippen LogP contribution >= 0.6 is 15.6 Å². The summed E-state index contributed by atoms with van der Waals surface area (Å²) in [4.78, 5) is 73.3. The highest BCUT2D eigenvalue weighted by atomic mass is 31.2. The normalized spacial score (nSPS) is 14.4. The number of phosphoric ester groups is 2. The van der Waals surface area contributed by atoms with E-state index in [0.29, 0.717) is 25.7 Å². The molecular weight excluding hydrogens is 1400 g/mol. The van der Waals surface area contributed by atoms with E-state index < -0.39 is 97.5 Å². The Labute approximate surface area is 657 Å². The van der Waals surface area contributed by atoms with Crippen molar-refractivity contribution in [3.8, 4) is 0 Å². The molecule has 0 fully saturated rings. The lowest BCUT2D eigenvalue weighted by Crippen LogP contribution is -2.30. The number of rotatable bonds is 80. The molecule has 0 saturated carbocycles. The quantitative estimate of drug-likeness (QED) is 0.0169. The van der Waals surface area contributed by atoms with E-state index in [1.165, 1.54) is 83.5 Å². The first kappa shape index (κ1) is 103. The Balaban J connectivity index is 5.38. The second kappa shape index (κ2) is 80.5. The minimum Gasteiger partial charge on any atom is -0.462 e. The third-order valence-corrected chi connectivity index (χ3v) is 19.8. The lowest BCUT2D eigenvalue weighted by molar-refractivity contribution is -0.161. The Morgan fingerprint density at radius 2 is 0.481 bits per heavy atom. The van der Waals surface area contributed by atoms with Gasteiger partial charge in [0.2, 0.25) is 0 Å². The van der Waals surface area contributed by atoms with Crippen molar-refractivity contribution >= 4 is 39.5 Å². The number of unbranched alkanes of at least 4 members (excludes halogenated alkanes) is 34. The molecule has 0 aliphatic heterocycles. The van der Waals surface area contributed by atoms with Crippen LogP contribution in [-0.4, -0.2) is 96.7 Å². The molecule has 19 heteroatoms. The smallest absolute Gasteiger partial charge is 0.462 e. The summed E-state index contributed by atoms with van der Waals surface area (Å²) in [5, 5.41) is 10.7. The third-order valence-electron chi connectivity index (χ3n) is 17.9. The molecule has 0 saturated heterocycles. The molecule has 622 valence electrons. The number of carbonyl (C=O) groups excluding carboxylic acids is 4. The standard InChI is InChI=1S/C89H154O17P2/c1-5-9-13-17-21-25-29-33-37-39-41-43-47-49-53-57-61-65-69-73-86(91)99-79-84(105-88(93)75-71-67-63-59-55-51-45-35-31-27-23-19-15-11-7-3)81-103-107(95,96)101-77-83(90)78-102-108(97,98)104-82-85(106-89(94)76-72-68-64-60-56-52-46-36-32-28-24-20-16-12-8-4)80-100-87(92)74-70-66-62-58-54-50-48-44-42-40-38-34-30-26-22-18-14-10-6-2/h9,12-13,16,21-22,24-26,28,33-34,36-38,41-44,46,83-85,90H,5-8,10-11,14-15,17-20,23,27,29-32,35,39-40,45,47-82H2,1-4H3,(H,95,96)(H,97,98)/b13-9-,16-12-,25-21-,26-22-,28-24-,37-33-,38-34-,43-41-,44-42-,46-36-. The van der Waals surface area contributed by atoms with Crippen LogP contribution in [0.4, 0.5) is 0 Å². The van der Waals surface area contributed by atoms with E-state index >= 15 is 0 Å². The van der Waals surface area contributed by atoms with E-state index in [0.717, 1.165) is 199 Å². The summed E-state index contributed by atoms with van der Waals surface area (Å²) < 4.78 is 68.8. The van der Waals surface area contributed by atoms with Gasteiger partial charge in [-0.05, 0) is 135 Å². The maximum atomic E-state index is 13.1. The van der Waals surface area contributed by atoms with Crippen molar-refractivity contribution in [2.75, 3.05) is 39.6 Å². The van der Waals surface area contributed by atoms with Crippen LogP contribution in [0.25, 0.3) is 0 Å². The lowest BCUT2D eigenvalue weighted by Gasteiger charge is -2.21. The van der Waals surface area contributed by atoms with Crippen LogP contribution in [0.1, 0.15) is 362 Å². The van der Waals surface area contributed by atoms with E-state index in [1.807, 2.05) is 0 Å². The minimum absolute atomic E-state index is 0.0712. The van der Waals surface area contributed by atoms with Gasteiger partial charge in [-0.3, -0.25) is 37.3 Å². The Hall–Kier alpha value is -4.54. The van der Waals surface area contributed by atoms with Gasteiger partial charge in [0, 0.05) is 25.7 Å². The number of carbonyl (C=O) groups is 4. The van der Waals surface area contributed by atoms with Gasteiger partial charge in [0.1, 0.15) is 19.3 Å². The summed E-state index contributed by atoms with van der Waals surface area (Å²) in [7, 11) is -9.98. The van der Waals surface area contributed by atoms with Gasteiger partial charge in [-0.15, -0.1) is 0 Å². The molecule has 0 heterocycles. The average Bonchev–Trinajstić information content (AvgIpc) is 0.923. The van der Waals surface area contributed by atoms with Crippen LogP contribution in [-0.2, 0) is 65.4 Å². The fourth-order valence-corrected chi connectivity index (χ4v) is 13.0. The van der Waals surface area contributed by atoms with Gasteiger partial charge in [0.25, 0.3) is 0 Å². The summed E-state index contributed by atoms with van der Waals surface area (Å²) >= 11 is 0. The van der Waals surface area contributed by atoms with Gasteiger partial charge >= 0.3 is 39.5 Å². The molecule has 0 aliphatic rings. The fraction of sp³-hybridized carbons (Fsp3) is 0.730. The molecular formula is C89H154O17P2. The minimum atomic E-state index is -4.99. The molecule has 0 amide bonds. The SMILES string of the molecule is CC/C=C\C/C=C\C/C=C\C/C=C\CCCCCCCCC(=O)OCC(COP(=O)(O)OCC(O)COP(=O)(O)OCC(COC(=O)CCCCCCCC/C=C\C/C=C\C/C=C\CCCCC)OC(=O)CCCCCCC/C=C\C/C=C\C/C=C\CC)OC(=O)CCCCCCCCCCCCCCCCC. The molecule has 0 aromatic heterocycles.